The van der Waals surface area contributed by atoms with Gasteiger partial charge < -0.3 is 10.4 Å². The van der Waals surface area contributed by atoms with Crippen molar-refractivity contribution in [3.63, 3.8) is 0 Å². The molecule has 0 aromatic carbocycles. The summed E-state index contributed by atoms with van der Waals surface area (Å²) in [6.07, 6.45) is 6.03. The van der Waals surface area contributed by atoms with Crippen LogP contribution in [0.4, 0.5) is 0 Å². The quantitative estimate of drug-likeness (QED) is 0.632. The van der Waals surface area contributed by atoms with Crippen LogP contribution in [0.25, 0.3) is 0 Å². The molecule has 2 aliphatic rings. The maximum absolute atomic E-state index is 11.0. The molecule has 1 aliphatic carbocycles. The van der Waals surface area contributed by atoms with Gasteiger partial charge in [-0.2, -0.15) is 0 Å². The Hall–Kier alpha value is -0.570. The van der Waals surface area contributed by atoms with Gasteiger partial charge in [-0.25, -0.2) is 0 Å². The second kappa shape index (κ2) is 3.66. The van der Waals surface area contributed by atoms with Gasteiger partial charge in [0.2, 0.25) is 5.91 Å². The highest BCUT2D eigenvalue weighted by Gasteiger charge is 2.36. The molecule has 0 unspecified atom stereocenters. The Bertz CT molecular complexity index is 199. The molecule has 1 amide bonds. The van der Waals surface area contributed by atoms with Gasteiger partial charge in [0.05, 0.1) is 18.6 Å². The van der Waals surface area contributed by atoms with Crippen molar-refractivity contribution in [3.05, 3.63) is 0 Å². The summed E-state index contributed by atoms with van der Waals surface area (Å²) in [6, 6.07) is 0.0489. The Kier molecular flexibility index (Phi) is 2.54. The van der Waals surface area contributed by atoms with Gasteiger partial charge in [0, 0.05) is 0 Å². The van der Waals surface area contributed by atoms with Crippen LogP contribution in [-0.2, 0) is 4.79 Å². The lowest BCUT2D eigenvalue weighted by Gasteiger charge is -2.28. The van der Waals surface area contributed by atoms with Crippen molar-refractivity contribution in [3.8, 4) is 0 Å². The molecule has 1 heterocycles. The zero-order valence-corrected chi connectivity index (χ0v) is 7.83. The molecule has 0 bridgehead atoms. The molecule has 0 radical (unpaired) electrons. The lowest BCUT2D eigenvalue weighted by molar-refractivity contribution is -0.119. The zero-order valence-electron chi connectivity index (χ0n) is 7.83. The molecule has 0 aromatic rings. The fourth-order valence-corrected chi connectivity index (χ4v) is 2.58. The normalized spacial score (nSPS) is 36.2. The van der Waals surface area contributed by atoms with E-state index in [9.17, 15) is 9.90 Å². The largest absolute Gasteiger partial charge is 0.390 e. The molecule has 1 saturated carbocycles. The van der Waals surface area contributed by atoms with Gasteiger partial charge in [0.1, 0.15) is 0 Å². The smallest absolute Gasteiger partial charge is 0.222 e. The summed E-state index contributed by atoms with van der Waals surface area (Å²) >= 11 is 0. The van der Waals surface area contributed by atoms with Crippen molar-refractivity contribution in [2.45, 2.75) is 50.7 Å². The van der Waals surface area contributed by atoms with Gasteiger partial charge in [-0.15, -0.1) is 0 Å². The molecule has 2 rings (SSSR count). The molecule has 74 valence electrons. The fraction of sp³-hybridized carbons (Fsp3) is 0.900. The van der Waals surface area contributed by atoms with Crippen LogP contribution in [0.5, 0.6) is 0 Å². The van der Waals surface area contributed by atoms with E-state index < -0.39 is 6.10 Å². The van der Waals surface area contributed by atoms with Gasteiger partial charge >= 0.3 is 0 Å². The topological polar surface area (TPSA) is 49.3 Å². The van der Waals surface area contributed by atoms with Crippen LogP contribution in [-0.4, -0.2) is 23.2 Å². The van der Waals surface area contributed by atoms with E-state index in [-0.39, 0.29) is 11.9 Å². The fourth-order valence-electron chi connectivity index (χ4n) is 2.58. The molecule has 2 N–H and O–H groups in total. The van der Waals surface area contributed by atoms with E-state index in [1.807, 2.05) is 0 Å². The Morgan fingerprint density at radius 1 is 1.23 bits per heavy atom. The number of hydrogen-bond donors (Lipinski definition) is 2. The number of aliphatic hydroxyl groups excluding tert-OH is 1. The molecule has 0 spiro atoms. The van der Waals surface area contributed by atoms with Crippen molar-refractivity contribution >= 4 is 5.91 Å². The Morgan fingerprint density at radius 2 is 1.92 bits per heavy atom. The molecule has 2 fully saturated rings. The first-order valence-corrected chi connectivity index (χ1v) is 5.25. The summed E-state index contributed by atoms with van der Waals surface area (Å²) in [5, 5.41) is 12.5. The van der Waals surface area contributed by atoms with Crippen LogP contribution in [0.1, 0.15) is 38.5 Å². The zero-order chi connectivity index (χ0) is 9.26. The molecule has 13 heavy (non-hydrogen) atoms. The van der Waals surface area contributed by atoms with Gasteiger partial charge in [0.25, 0.3) is 0 Å². The number of rotatable bonds is 1. The van der Waals surface area contributed by atoms with Gasteiger partial charge in [-0.1, -0.05) is 19.3 Å². The van der Waals surface area contributed by atoms with Crippen LogP contribution in [0, 0.1) is 5.92 Å². The van der Waals surface area contributed by atoms with Crippen LogP contribution in [0.15, 0.2) is 0 Å². The summed E-state index contributed by atoms with van der Waals surface area (Å²) in [7, 11) is 0. The second-order valence-electron chi connectivity index (χ2n) is 4.26. The first-order valence-electron chi connectivity index (χ1n) is 5.25. The van der Waals surface area contributed by atoms with Gasteiger partial charge in [-0.05, 0) is 18.8 Å². The molecule has 3 heteroatoms. The first kappa shape index (κ1) is 9.00. The van der Waals surface area contributed by atoms with E-state index in [1.165, 1.54) is 32.1 Å². The average Bonchev–Trinajstić information content (AvgIpc) is 2.47. The molecular formula is C10H17NO2. The molecule has 1 saturated heterocycles. The van der Waals surface area contributed by atoms with E-state index in [2.05, 4.69) is 5.32 Å². The van der Waals surface area contributed by atoms with E-state index in [1.54, 1.807) is 0 Å². The minimum Gasteiger partial charge on any atom is -0.390 e. The standard InChI is InChI=1S/C10H17NO2/c12-8-6-9(13)11-10(8)7-4-2-1-3-5-7/h7-8,10,12H,1-6H2,(H,11,13)/t8-,10-/m0/s1. The minimum absolute atomic E-state index is 0.0167. The summed E-state index contributed by atoms with van der Waals surface area (Å²) in [4.78, 5) is 11.0. The van der Waals surface area contributed by atoms with Crippen LogP contribution in [0.2, 0.25) is 0 Å². The SMILES string of the molecule is O=C1C[C@H](O)[C@H](C2CCCCC2)N1. The highest BCUT2D eigenvalue weighted by atomic mass is 16.3. The molecule has 0 aromatic heterocycles. The molecule has 3 nitrogen and oxygen atoms in total. The predicted octanol–water partition coefficient (Wildman–Crippen LogP) is 0.816. The predicted molar refractivity (Wildman–Crippen MR) is 49.1 cm³/mol. The van der Waals surface area contributed by atoms with Crippen molar-refractivity contribution in [1.82, 2.24) is 5.32 Å². The van der Waals surface area contributed by atoms with Gasteiger partial charge in [0.15, 0.2) is 0 Å². The van der Waals surface area contributed by atoms with Crippen molar-refractivity contribution in [2.24, 2.45) is 5.92 Å². The van der Waals surface area contributed by atoms with Crippen LogP contribution < -0.4 is 5.32 Å². The summed E-state index contributed by atoms with van der Waals surface area (Å²) in [6.45, 7) is 0. The number of aliphatic hydroxyl groups is 1. The summed E-state index contributed by atoms with van der Waals surface area (Å²) in [5.74, 6) is 0.540. The van der Waals surface area contributed by atoms with Crippen molar-refractivity contribution < 1.29 is 9.90 Å². The third-order valence-corrected chi connectivity index (χ3v) is 3.29. The number of carbonyl (C=O) groups is 1. The monoisotopic (exact) mass is 183 g/mol. The number of carbonyl (C=O) groups excluding carboxylic acids is 1. The molecular weight excluding hydrogens is 166 g/mol. The third-order valence-electron chi connectivity index (χ3n) is 3.29. The number of hydrogen-bond acceptors (Lipinski definition) is 2. The molecule has 2 atom stereocenters. The lowest BCUT2D eigenvalue weighted by atomic mass is 9.82. The Balaban J connectivity index is 1.95. The third kappa shape index (κ3) is 1.85. The second-order valence-corrected chi connectivity index (χ2v) is 4.26. The van der Waals surface area contributed by atoms with Crippen LogP contribution >= 0.6 is 0 Å². The molecule has 1 aliphatic heterocycles. The van der Waals surface area contributed by atoms with E-state index >= 15 is 0 Å². The summed E-state index contributed by atoms with van der Waals surface area (Å²) < 4.78 is 0. The van der Waals surface area contributed by atoms with E-state index in [4.69, 9.17) is 0 Å². The minimum atomic E-state index is -0.435. The average molecular weight is 183 g/mol. The lowest BCUT2D eigenvalue weighted by Crippen LogP contribution is -2.39. The number of nitrogens with one attached hydrogen (secondary N) is 1. The summed E-state index contributed by atoms with van der Waals surface area (Å²) in [5.41, 5.74) is 0. The van der Waals surface area contributed by atoms with Crippen molar-refractivity contribution in [2.75, 3.05) is 0 Å². The first-order chi connectivity index (χ1) is 6.27. The van der Waals surface area contributed by atoms with E-state index in [0.29, 0.717) is 12.3 Å². The highest BCUT2D eigenvalue weighted by molar-refractivity contribution is 5.79. The Morgan fingerprint density at radius 3 is 2.46 bits per heavy atom. The van der Waals surface area contributed by atoms with Gasteiger partial charge in [-0.3, -0.25) is 4.79 Å². The maximum atomic E-state index is 11.0. The highest BCUT2D eigenvalue weighted by Crippen LogP contribution is 2.30. The maximum Gasteiger partial charge on any atom is 0.222 e. The number of amides is 1. The van der Waals surface area contributed by atoms with Crippen LogP contribution in [0.3, 0.4) is 0 Å². The van der Waals surface area contributed by atoms with Crippen molar-refractivity contribution in [1.29, 1.82) is 0 Å². The van der Waals surface area contributed by atoms with E-state index in [0.717, 1.165) is 0 Å². The Labute approximate surface area is 78.5 Å².